The van der Waals surface area contributed by atoms with Crippen LogP contribution in [0, 0.1) is 5.41 Å². The summed E-state index contributed by atoms with van der Waals surface area (Å²) >= 11 is 3.33. The van der Waals surface area contributed by atoms with Gasteiger partial charge in [0.25, 0.3) is 0 Å². The second-order valence-electron chi connectivity index (χ2n) is 8.45. The van der Waals surface area contributed by atoms with E-state index >= 15 is 0 Å². The van der Waals surface area contributed by atoms with Crippen LogP contribution in [-0.2, 0) is 16.0 Å². The number of hydrogen-bond acceptors (Lipinski definition) is 5. The first kappa shape index (κ1) is 19.1. The Bertz CT molecular complexity index is 746. The molecule has 0 spiro atoms. The molecule has 1 aromatic heterocycles. The third kappa shape index (κ3) is 3.87. The summed E-state index contributed by atoms with van der Waals surface area (Å²) in [5, 5.41) is 0. The van der Waals surface area contributed by atoms with Gasteiger partial charge in [-0.3, -0.25) is 9.69 Å². The fraction of sp³-hybridized carbons (Fsp3) is 0.632. The predicted octanol–water partition coefficient (Wildman–Crippen LogP) is 3.75. The first-order valence-corrected chi connectivity index (χ1v) is 9.56. The number of ether oxygens (including phenoxy) is 2. The Balaban J connectivity index is 1.77. The molecule has 1 amide bonds. The molecule has 1 aliphatic carbocycles. The third-order valence-electron chi connectivity index (χ3n) is 5.02. The molecule has 0 aromatic carbocycles. The van der Waals surface area contributed by atoms with Gasteiger partial charge < -0.3 is 9.47 Å². The van der Waals surface area contributed by atoms with Crippen LogP contribution in [0.2, 0.25) is 0 Å². The second kappa shape index (κ2) is 6.51. The lowest BCUT2D eigenvalue weighted by Crippen LogP contribution is -2.46. The van der Waals surface area contributed by atoms with E-state index in [9.17, 15) is 9.59 Å². The summed E-state index contributed by atoms with van der Waals surface area (Å²) in [4.78, 5) is 31.6. The summed E-state index contributed by atoms with van der Waals surface area (Å²) in [5.74, 6) is 0.622. The number of piperidine rings is 1. The van der Waals surface area contributed by atoms with Crippen molar-refractivity contribution in [2.75, 3.05) is 7.11 Å². The number of methoxy groups -OCH3 is 1. The maximum Gasteiger partial charge on any atom is 0.411 e. The molecule has 1 aromatic rings. The number of halogens is 1. The summed E-state index contributed by atoms with van der Waals surface area (Å²) in [7, 11) is 1.57. The van der Waals surface area contributed by atoms with Crippen LogP contribution in [-0.4, -0.2) is 46.6 Å². The number of aromatic nitrogens is 1. The number of amides is 1. The largest absolute Gasteiger partial charge is 0.497 e. The van der Waals surface area contributed by atoms with Gasteiger partial charge in [-0.1, -0.05) is 6.92 Å². The van der Waals surface area contributed by atoms with Gasteiger partial charge in [0.2, 0.25) is 0 Å². The molecule has 3 atom stereocenters. The molecule has 142 valence electrons. The zero-order valence-electron chi connectivity index (χ0n) is 15.8. The van der Waals surface area contributed by atoms with Gasteiger partial charge in [0.05, 0.1) is 25.3 Å². The number of hydrogen-bond donors (Lipinski definition) is 0. The number of pyridine rings is 1. The van der Waals surface area contributed by atoms with E-state index in [1.54, 1.807) is 24.1 Å². The summed E-state index contributed by atoms with van der Waals surface area (Å²) < 4.78 is 11.4. The molecule has 1 saturated heterocycles. The van der Waals surface area contributed by atoms with Crippen LogP contribution < -0.4 is 4.74 Å². The van der Waals surface area contributed by atoms with Crippen molar-refractivity contribution in [2.45, 2.75) is 64.6 Å². The van der Waals surface area contributed by atoms with Gasteiger partial charge in [-0.15, -0.1) is 0 Å². The number of fused-ring (bicyclic) bond motifs is 1. The Morgan fingerprint density at radius 3 is 2.65 bits per heavy atom. The molecule has 0 N–H and O–H groups in total. The summed E-state index contributed by atoms with van der Waals surface area (Å²) in [6.07, 6.45) is 1.37. The molecule has 6 nitrogen and oxygen atoms in total. The number of carbonyl (C=O) groups excluding carboxylic acids is 2. The number of rotatable bonds is 4. The van der Waals surface area contributed by atoms with Gasteiger partial charge >= 0.3 is 6.09 Å². The highest BCUT2D eigenvalue weighted by molar-refractivity contribution is 9.10. The van der Waals surface area contributed by atoms with Gasteiger partial charge in [0, 0.05) is 18.2 Å². The fourth-order valence-electron chi connectivity index (χ4n) is 3.66. The molecule has 2 aliphatic rings. The molecule has 1 aliphatic heterocycles. The van der Waals surface area contributed by atoms with Crippen molar-refractivity contribution in [3.63, 3.8) is 0 Å². The number of carbonyl (C=O) groups is 2. The minimum absolute atomic E-state index is 0.0167. The van der Waals surface area contributed by atoms with E-state index in [0.717, 1.165) is 6.42 Å². The fourth-order valence-corrected chi connectivity index (χ4v) is 4.11. The molecule has 0 radical (unpaired) electrons. The molecular formula is C19H25BrN2O4. The summed E-state index contributed by atoms with van der Waals surface area (Å²) in [6, 6.07) is 3.13. The first-order valence-electron chi connectivity index (χ1n) is 8.77. The Hall–Kier alpha value is -1.63. The predicted molar refractivity (Wildman–Crippen MR) is 100 cm³/mol. The van der Waals surface area contributed by atoms with Crippen molar-refractivity contribution in [1.29, 1.82) is 0 Å². The lowest BCUT2D eigenvalue weighted by molar-refractivity contribution is -0.123. The minimum atomic E-state index is -0.586. The average Bonchev–Trinajstić information content (AvgIpc) is 3.05. The maximum absolute atomic E-state index is 13.0. The Morgan fingerprint density at radius 2 is 2.04 bits per heavy atom. The van der Waals surface area contributed by atoms with Crippen molar-refractivity contribution in [2.24, 2.45) is 5.41 Å². The third-order valence-corrected chi connectivity index (χ3v) is 5.43. The SMILES string of the molecule is COc1cc(Br)nc(CC(=O)[C@@H]2C[C@@]3(C)C[C@H]3N2C(=O)OC(C)(C)C)c1. The number of likely N-dealkylation sites (tertiary alicyclic amines) is 1. The van der Waals surface area contributed by atoms with E-state index in [1.165, 1.54) is 0 Å². The van der Waals surface area contributed by atoms with E-state index in [4.69, 9.17) is 9.47 Å². The Kier molecular flexibility index (Phi) is 4.80. The second-order valence-corrected chi connectivity index (χ2v) is 9.26. The van der Waals surface area contributed by atoms with Gasteiger partial charge in [-0.2, -0.15) is 0 Å². The van der Waals surface area contributed by atoms with Crippen molar-refractivity contribution < 1.29 is 19.1 Å². The summed E-state index contributed by atoms with van der Waals surface area (Å²) in [6.45, 7) is 7.63. The van der Waals surface area contributed by atoms with Crippen molar-refractivity contribution in [3.8, 4) is 5.75 Å². The number of ketones is 1. The first-order chi connectivity index (χ1) is 12.0. The van der Waals surface area contributed by atoms with Crippen LogP contribution in [0.4, 0.5) is 4.79 Å². The van der Waals surface area contributed by atoms with E-state index in [0.29, 0.717) is 22.5 Å². The molecule has 0 bridgehead atoms. The van der Waals surface area contributed by atoms with Gasteiger partial charge in [0.15, 0.2) is 5.78 Å². The van der Waals surface area contributed by atoms with Gasteiger partial charge in [0.1, 0.15) is 16.0 Å². The van der Waals surface area contributed by atoms with E-state index in [2.05, 4.69) is 27.8 Å². The van der Waals surface area contributed by atoms with E-state index in [1.807, 2.05) is 20.8 Å². The summed E-state index contributed by atoms with van der Waals surface area (Å²) in [5.41, 5.74) is 0.0632. The molecular weight excluding hydrogens is 400 g/mol. The van der Waals surface area contributed by atoms with E-state index in [-0.39, 0.29) is 23.7 Å². The zero-order valence-corrected chi connectivity index (χ0v) is 17.4. The molecule has 0 unspecified atom stereocenters. The van der Waals surface area contributed by atoms with Crippen LogP contribution >= 0.6 is 15.9 Å². The van der Waals surface area contributed by atoms with Crippen LogP contribution in [0.3, 0.4) is 0 Å². The molecule has 2 fully saturated rings. The van der Waals surface area contributed by atoms with Crippen LogP contribution in [0.5, 0.6) is 5.75 Å². The maximum atomic E-state index is 13.0. The molecule has 2 heterocycles. The monoisotopic (exact) mass is 424 g/mol. The van der Waals surface area contributed by atoms with Crippen molar-refractivity contribution in [1.82, 2.24) is 9.88 Å². The normalized spacial score (nSPS) is 27.1. The number of nitrogens with zero attached hydrogens (tertiary/aromatic N) is 2. The quantitative estimate of drug-likeness (QED) is 0.688. The van der Waals surface area contributed by atoms with Gasteiger partial charge in [-0.25, -0.2) is 9.78 Å². The highest BCUT2D eigenvalue weighted by atomic mass is 79.9. The van der Waals surface area contributed by atoms with Crippen LogP contribution in [0.1, 0.15) is 46.2 Å². The van der Waals surface area contributed by atoms with Gasteiger partial charge in [-0.05, 0) is 55.0 Å². The lowest BCUT2D eigenvalue weighted by atomic mass is 9.97. The Morgan fingerprint density at radius 1 is 1.35 bits per heavy atom. The zero-order chi connectivity index (χ0) is 19.3. The lowest BCUT2D eigenvalue weighted by Gasteiger charge is -2.29. The van der Waals surface area contributed by atoms with Crippen LogP contribution in [0.15, 0.2) is 16.7 Å². The van der Waals surface area contributed by atoms with Crippen LogP contribution in [0.25, 0.3) is 0 Å². The highest BCUT2D eigenvalue weighted by Gasteiger charge is 2.64. The molecule has 3 rings (SSSR count). The molecule has 1 saturated carbocycles. The molecule has 26 heavy (non-hydrogen) atoms. The molecule has 7 heteroatoms. The minimum Gasteiger partial charge on any atom is -0.497 e. The van der Waals surface area contributed by atoms with Crippen molar-refractivity contribution >= 4 is 27.8 Å². The van der Waals surface area contributed by atoms with Crippen molar-refractivity contribution in [3.05, 3.63) is 22.4 Å². The highest BCUT2D eigenvalue weighted by Crippen LogP contribution is 2.59. The smallest absolute Gasteiger partial charge is 0.411 e. The Labute approximate surface area is 162 Å². The standard InChI is InChI=1S/C19H25BrN2O4/c1-18(2,3)26-17(24)22-13(9-19(4)10-15(19)22)14(23)7-11-6-12(25-5)8-16(20)21-11/h6,8,13,15H,7,9-10H2,1-5H3/t13-,15+,19-/m0/s1. The van der Waals surface area contributed by atoms with E-state index < -0.39 is 17.7 Å². The number of Topliss-reactive ketones (excluding diaryl/α,β-unsaturated/α-hetero) is 1. The average molecular weight is 425 g/mol. The topological polar surface area (TPSA) is 68.7 Å².